The molecule has 160 valence electrons. The Bertz CT molecular complexity index is 768. The summed E-state index contributed by atoms with van der Waals surface area (Å²) in [6.45, 7) is 11.7. The Morgan fingerprint density at radius 1 is 1.29 bits per heavy atom. The van der Waals surface area contributed by atoms with Crippen molar-refractivity contribution < 1.29 is 23.5 Å². The van der Waals surface area contributed by atoms with Crippen LogP contribution < -0.4 is 11.2 Å². The van der Waals surface area contributed by atoms with Crippen molar-refractivity contribution in [1.29, 1.82) is 0 Å². The number of esters is 1. The second kappa shape index (κ2) is 11.5. The van der Waals surface area contributed by atoms with Crippen molar-refractivity contribution >= 4 is 11.8 Å². The zero-order chi connectivity index (χ0) is 22.1. The quantitative estimate of drug-likeness (QED) is 0.637. The van der Waals surface area contributed by atoms with Crippen molar-refractivity contribution in [2.24, 2.45) is 0 Å². The number of Topliss-reactive ketones (excluding diaryl/α,β-unsaturated/α-hetero) is 1. The van der Waals surface area contributed by atoms with Crippen molar-refractivity contribution in [3.8, 4) is 0 Å². The van der Waals surface area contributed by atoms with Gasteiger partial charge in [-0.2, -0.15) is 4.39 Å². The summed E-state index contributed by atoms with van der Waals surface area (Å²) in [7, 11) is 0. The number of hydrogen-bond donors (Lipinski definition) is 1. The Hall–Kier alpha value is -2.29. The molecule has 1 rings (SSSR count). The standard InChI is InChI=1S/C17H25FN2O6.C2H6/c1-6-14(20-9-12(18)15(23)19-16(20)24)25-10(2)7-8-13(22)17(4,5)26-11(3)21;1-2/h9-10,14H,6-8H2,1-5H3,(H,19,23,24);1-2H3. The van der Waals surface area contributed by atoms with E-state index >= 15 is 0 Å². The Balaban J connectivity index is 0.00000352. The summed E-state index contributed by atoms with van der Waals surface area (Å²) in [6, 6.07) is 0. The van der Waals surface area contributed by atoms with Crippen molar-refractivity contribution in [3.63, 3.8) is 0 Å². The van der Waals surface area contributed by atoms with Crippen LogP contribution in [0.15, 0.2) is 15.8 Å². The molecule has 28 heavy (non-hydrogen) atoms. The van der Waals surface area contributed by atoms with Gasteiger partial charge >= 0.3 is 11.7 Å². The number of nitrogens with one attached hydrogen (secondary N) is 1. The smallest absolute Gasteiger partial charge is 0.330 e. The molecule has 0 radical (unpaired) electrons. The fraction of sp³-hybridized carbons (Fsp3) is 0.684. The summed E-state index contributed by atoms with van der Waals surface area (Å²) in [4.78, 5) is 48.1. The topological polar surface area (TPSA) is 107 Å². The maximum Gasteiger partial charge on any atom is 0.330 e. The molecule has 0 saturated carbocycles. The average Bonchev–Trinajstić information content (AvgIpc) is 2.61. The third-order valence-electron chi connectivity index (χ3n) is 3.82. The number of ether oxygens (including phenoxy) is 2. The minimum absolute atomic E-state index is 0.104. The fourth-order valence-corrected chi connectivity index (χ4v) is 2.42. The van der Waals surface area contributed by atoms with Gasteiger partial charge in [0.2, 0.25) is 5.82 Å². The number of H-pyrrole nitrogens is 1. The van der Waals surface area contributed by atoms with Crippen LogP contribution in [0.3, 0.4) is 0 Å². The number of hydrogen-bond acceptors (Lipinski definition) is 6. The highest BCUT2D eigenvalue weighted by Crippen LogP contribution is 2.19. The van der Waals surface area contributed by atoms with Gasteiger partial charge in [-0.1, -0.05) is 20.8 Å². The average molecular weight is 402 g/mol. The molecule has 1 aromatic rings. The molecule has 0 aromatic carbocycles. The maximum absolute atomic E-state index is 13.4. The molecule has 0 saturated heterocycles. The molecule has 2 unspecified atom stereocenters. The van der Waals surface area contributed by atoms with Gasteiger partial charge in [-0.3, -0.25) is 23.9 Å². The lowest BCUT2D eigenvalue weighted by molar-refractivity contribution is -0.162. The zero-order valence-electron chi connectivity index (χ0n) is 17.6. The van der Waals surface area contributed by atoms with Crippen LogP contribution in [0.25, 0.3) is 0 Å². The SMILES string of the molecule is CC.CCC(OC(C)CCC(=O)C(C)(C)OC(C)=O)n1cc(F)c(=O)[nH]c1=O. The third-order valence-corrected chi connectivity index (χ3v) is 3.82. The maximum atomic E-state index is 13.4. The summed E-state index contributed by atoms with van der Waals surface area (Å²) in [6.07, 6.45) is 0.354. The molecule has 0 amide bonds. The predicted octanol–water partition coefficient (Wildman–Crippen LogP) is 2.71. The number of carbonyl (C=O) groups excluding carboxylic acids is 2. The molecule has 0 aliphatic heterocycles. The van der Waals surface area contributed by atoms with E-state index in [9.17, 15) is 23.6 Å². The van der Waals surface area contributed by atoms with Gasteiger partial charge in [0.15, 0.2) is 11.4 Å². The molecule has 9 heteroatoms. The van der Waals surface area contributed by atoms with E-state index in [-0.39, 0.29) is 12.2 Å². The summed E-state index contributed by atoms with van der Waals surface area (Å²) in [5.41, 5.74) is -3.09. The first-order chi connectivity index (χ1) is 13.0. The Labute approximate surface area is 164 Å². The summed E-state index contributed by atoms with van der Waals surface area (Å²) in [5.74, 6) is -1.89. The number of carbonyl (C=O) groups is 2. The highest BCUT2D eigenvalue weighted by Gasteiger charge is 2.30. The van der Waals surface area contributed by atoms with Crippen molar-refractivity contribution in [1.82, 2.24) is 9.55 Å². The normalized spacial score (nSPS) is 13.1. The number of aromatic nitrogens is 2. The van der Waals surface area contributed by atoms with E-state index in [1.807, 2.05) is 18.8 Å². The Morgan fingerprint density at radius 2 is 1.86 bits per heavy atom. The van der Waals surface area contributed by atoms with Gasteiger partial charge < -0.3 is 9.47 Å². The van der Waals surface area contributed by atoms with Crippen LogP contribution >= 0.6 is 0 Å². The van der Waals surface area contributed by atoms with Crippen LogP contribution in [0.2, 0.25) is 0 Å². The zero-order valence-corrected chi connectivity index (χ0v) is 17.6. The van der Waals surface area contributed by atoms with Gasteiger partial charge in [0.1, 0.15) is 6.23 Å². The number of rotatable bonds is 9. The van der Waals surface area contributed by atoms with Gasteiger partial charge in [-0.15, -0.1) is 0 Å². The first-order valence-corrected chi connectivity index (χ1v) is 9.37. The molecule has 8 nitrogen and oxygen atoms in total. The molecule has 2 atom stereocenters. The summed E-state index contributed by atoms with van der Waals surface area (Å²) >= 11 is 0. The molecular weight excluding hydrogens is 371 g/mol. The van der Waals surface area contributed by atoms with E-state index < -0.39 is 41.0 Å². The highest BCUT2D eigenvalue weighted by molar-refractivity contribution is 5.88. The monoisotopic (exact) mass is 402 g/mol. The van der Waals surface area contributed by atoms with Crippen LogP contribution in [-0.2, 0) is 19.1 Å². The largest absolute Gasteiger partial charge is 0.452 e. The Kier molecular flexibility index (Phi) is 10.6. The summed E-state index contributed by atoms with van der Waals surface area (Å²) < 4.78 is 25.1. The lowest BCUT2D eigenvalue weighted by Gasteiger charge is -2.25. The third kappa shape index (κ3) is 7.75. The number of nitrogens with zero attached hydrogens (tertiary/aromatic N) is 1. The molecule has 0 aliphatic carbocycles. The molecule has 0 fully saturated rings. The number of ketones is 1. The van der Waals surface area contributed by atoms with Gasteiger partial charge in [-0.25, -0.2) is 4.79 Å². The van der Waals surface area contributed by atoms with Crippen LogP contribution in [0.4, 0.5) is 4.39 Å². The van der Waals surface area contributed by atoms with Crippen molar-refractivity contribution in [2.45, 2.75) is 85.7 Å². The molecular formula is C19H31FN2O6. The molecule has 0 spiro atoms. The van der Waals surface area contributed by atoms with Gasteiger partial charge in [0.25, 0.3) is 5.56 Å². The molecule has 0 bridgehead atoms. The molecule has 1 aromatic heterocycles. The Morgan fingerprint density at radius 3 is 2.36 bits per heavy atom. The minimum atomic E-state index is -1.23. The molecule has 0 aliphatic rings. The number of aromatic amines is 1. The first-order valence-electron chi connectivity index (χ1n) is 9.37. The second-order valence-electron chi connectivity index (χ2n) is 6.52. The van der Waals surface area contributed by atoms with Gasteiger partial charge in [0, 0.05) is 13.3 Å². The van der Waals surface area contributed by atoms with Crippen LogP contribution in [-0.4, -0.2) is 33.0 Å². The second-order valence-corrected chi connectivity index (χ2v) is 6.52. The van der Waals surface area contributed by atoms with Gasteiger partial charge in [-0.05, 0) is 33.6 Å². The lowest BCUT2D eigenvalue weighted by Crippen LogP contribution is -2.37. The summed E-state index contributed by atoms with van der Waals surface area (Å²) in [5, 5.41) is 0. The predicted molar refractivity (Wildman–Crippen MR) is 103 cm³/mol. The van der Waals surface area contributed by atoms with Crippen LogP contribution in [0.5, 0.6) is 0 Å². The first kappa shape index (κ1) is 25.7. The fourth-order valence-electron chi connectivity index (χ4n) is 2.42. The van der Waals surface area contributed by atoms with Crippen LogP contribution in [0.1, 0.15) is 74.0 Å². The van der Waals surface area contributed by atoms with Gasteiger partial charge in [0.05, 0.1) is 12.3 Å². The number of halogens is 1. The van der Waals surface area contributed by atoms with Crippen molar-refractivity contribution in [2.75, 3.05) is 0 Å². The minimum Gasteiger partial charge on any atom is -0.452 e. The lowest BCUT2D eigenvalue weighted by atomic mass is 9.98. The van der Waals surface area contributed by atoms with E-state index in [1.54, 1.807) is 13.8 Å². The van der Waals surface area contributed by atoms with E-state index in [0.717, 1.165) is 10.8 Å². The van der Waals surface area contributed by atoms with Crippen molar-refractivity contribution in [3.05, 3.63) is 32.9 Å². The molecule has 1 N–H and O–H groups in total. The molecule has 1 heterocycles. The van der Waals surface area contributed by atoms with E-state index in [4.69, 9.17) is 9.47 Å². The van der Waals surface area contributed by atoms with E-state index in [2.05, 4.69) is 0 Å². The van der Waals surface area contributed by atoms with Crippen LogP contribution in [0, 0.1) is 5.82 Å². The highest BCUT2D eigenvalue weighted by atomic mass is 19.1. The van der Waals surface area contributed by atoms with E-state index in [1.165, 1.54) is 20.8 Å². The van der Waals surface area contributed by atoms with E-state index in [0.29, 0.717) is 12.8 Å².